The minimum absolute atomic E-state index is 0.135. The maximum atomic E-state index is 11.1. The first-order valence-electron chi connectivity index (χ1n) is 8.52. The highest BCUT2D eigenvalue weighted by atomic mass is 32.1. The average molecular weight is 411 g/mol. The van der Waals surface area contributed by atoms with Crippen molar-refractivity contribution in [2.75, 3.05) is 16.8 Å². The van der Waals surface area contributed by atoms with Gasteiger partial charge in [0.25, 0.3) is 0 Å². The first kappa shape index (κ1) is 19.5. The Morgan fingerprint density at radius 1 is 1.32 bits per heavy atom. The lowest BCUT2D eigenvalue weighted by molar-refractivity contribution is -0.114. The number of aromatic amines is 1. The Balaban J connectivity index is 1.95. The van der Waals surface area contributed by atoms with Gasteiger partial charge >= 0.3 is 0 Å². The molecule has 0 saturated heterocycles. The molecule has 3 aromatic rings. The summed E-state index contributed by atoms with van der Waals surface area (Å²) in [6.45, 7) is 4.05. The third-order valence-corrected chi connectivity index (χ3v) is 5.08. The smallest absolute Gasteiger partial charge is 0.221 e. The summed E-state index contributed by atoms with van der Waals surface area (Å²) in [5, 5.41) is 14.6. The maximum absolute atomic E-state index is 11.1. The quantitative estimate of drug-likeness (QED) is 0.193. The summed E-state index contributed by atoms with van der Waals surface area (Å²) >= 11 is 6.71. The Hall–Kier alpha value is -3.22. The van der Waals surface area contributed by atoms with Crippen LogP contribution < -0.4 is 15.5 Å². The van der Waals surface area contributed by atoms with Crippen molar-refractivity contribution in [1.29, 1.82) is 5.26 Å². The lowest BCUT2D eigenvalue weighted by atomic mass is 10.2. The largest absolute Gasteiger partial charge is 0.337 e. The Morgan fingerprint density at radius 3 is 2.71 bits per heavy atom. The molecule has 3 rings (SSSR count). The molecule has 0 atom stereocenters. The van der Waals surface area contributed by atoms with Crippen LogP contribution in [0.5, 0.6) is 0 Å². The molecule has 2 aromatic carbocycles. The summed E-state index contributed by atoms with van der Waals surface area (Å²) in [5.41, 5.74) is 3.23. The Bertz CT molecular complexity index is 1120. The van der Waals surface area contributed by atoms with Crippen molar-refractivity contribution < 1.29 is 4.79 Å². The second-order valence-electron chi connectivity index (χ2n) is 5.84. The number of nitriles is 1. The maximum Gasteiger partial charge on any atom is 0.221 e. The molecule has 0 saturated carbocycles. The van der Waals surface area contributed by atoms with Crippen LogP contribution in [0.25, 0.3) is 10.2 Å². The third kappa shape index (κ3) is 4.54. The van der Waals surface area contributed by atoms with Gasteiger partial charge in [-0.15, -0.1) is 11.3 Å². The average Bonchev–Trinajstić information content (AvgIpc) is 3.03. The van der Waals surface area contributed by atoms with Crippen LogP contribution in [0.1, 0.15) is 13.8 Å². The second-order valence-corrected chi connectivity index (χ2v) is 7.56. The van der Waals surface area contributed by atoms with E-state index in [9.17, 15) is 10.1 Å². The van der Waals surface area contributed by atoms with Gasteiger partial charge in [-0.3, -0.25) is 10.1 Å². The number of anilines is 2. The topological polar surface area (TPSA) is 96.3 Å². The number of hydrogen-bond acceptors (Lipinski definition) is 5. The fourth-order valence-corrected chi connectivity index (χ4v) is 3.86. The molecule has 0 aliphatic heterocycles. The van der Waals surface area contributed by atoms with Gasteiger partial charge in [-0.25, -0.2) is 4.99 Å². The number of carbonyl (C=O) groups is 1. The number of H-pyrrole nitrogens is 1. The number of fused-ring (bicyclic) bond motifs is 1. The molecule has 0 unspecified atom stereocenters. The zero-order valence-corrected chi connectivity index (χ0v) is 16.9. The van der Waals surface area contributed by atoms with E-state index in [-0.39, 0.29) is 5.91 Å². The molecule has 1 heterocycles. The number of amides is 1. The molecule has 28 heavy (non-hydrogen) atoms. The summed E-state index contributed by atoms with van der Waals surface area (Å²) in [6, 6.07) is 13.0. The lowest BCUT2D eigenvalue weighted by Crippen LogP contribution is -2.39. The highest BCUT2D eigenvalue weighted by Crippen LogP contribution is 2.26. The molecule has 1 amide bonds. The normalized spacial score (nSPS) is 11.1. The highest BCUT2D eigenvalue weighted by Gasteiger charge is 2.13. The number of hydrogen-bond donors (Lipinski definition) is 3. The van der Waals surface area contributed by atoms with Gasteiger partial charge in [0.15, 0.2) is 10.1 Å². The second kappa shape index (κ2) is 8.65. The summed E-state index contributed by atoms with van der Waals surface area (Å²) in [5.74, 6) is 0.277. The van der Waals surface area contributed by atoms with Crippen molar-refractivity contribution in [1.82, 2.24) is 10.3 Å². The van der Waals surface area contributed by atoms with Gasteiger partial charge < -0.3 is 15.2 Å². The Labute approximate surface area is 171 Å². The van der Waals surface area contributed by atoms with Gasteiger partial charge in [-0.05, 0) is 61.6 Å². The first-order valence-corrected chi connectivity index (χ1v) is 9.74. The van der Waals surface area contributed by atoms with Crippen molar-refractivity contribution in [3.63, 3.8) is 0 Å². The molecule has 7 nitrogen and oxygen atoms in total. The predicted molar refractivity (Wildman–Crippen MR) is 117 cm³/mol. The SMILES string of the molecule is CCN(C(=Nc1ccc(NC(C)=O)cc1)NC#N)c1ccc2[nH]c(=S)sc2c1. The predicted octanol–water partition coefficient (Wildman–Crippen LogP) is 4.50. The van der Waals surface area contributed by atoms with E-state index in [4.69, 9.17) is 12.2 Å². The van der Waals surface area contributed by atoms with Crippen molar-refractivity contribution >= 4 is 62.7 Å². The van der Waals surface area contributed by atoms with Crippen molar-refractivity contribution in [3.8, 4) is 6.19 Å². The van der Waals surface area contributed by atoms with Crippen LogP contribution in [-0.2, 0) is 4.79 Å². The molecule has 3 N–H and O–H groups in total. The third-order valence-electron chi connectivity index (χ3n) is 3.88. The van der Waals surface area contributed by atoms with Crippen LogP contribution in [-0.4, -0.2) is 23.4 Å². The fraction of sp³-hybridized carbons (Fsp3) is 0.158. The molecule has 0 fully saturated rings. The molecule has 1 aromatic heterocycles. The van der Waals surface area contributed by atoms with E-state index in [0.29, 0.717) is 23.9 Å². The number of rotatable bonds is 4. The van der Waals surface area contributed by atoms with E-state index in [2.05, 4.69) is 20.6 Å². The van der Waals surface area contributed by atoms with E-state index in [1.54, 1.807) is 24.3 Å². The molecule has 0 radical (unpaired) electrons. The summed E-state index contributed by atoms with van der Waals surface area (Å²) in [7, 11) is 0. The minimum Gasteiger partial charge on any atom is -0.337 e. The number of benzene rings is 2. The fourth-order valence-electron chi connectivity index (χ4n) is 2.71. The lowest BCUT2D eigenvalue weighted by Gasteiger charge is -2.23. The molecule has 0 aliphatic rings. The van der Waals surface area contributed by atoms with Crippen LogP contribution in [0, 0.1) is 15.4 Å². The zero-order valence-electron chi connectivity index (χ0n) is 15.3. The van der Waals surface area contributed by atoms with E-state index in [0.717, 1.165) is 19.9 Å². The van der Waals surface area contributed by atoms with Crippen molar-refractivity contribution in [2.24, 2.45) is 4.99 Å². The molecule has 142 valence electrons. The number of aliphatic imine (C=N–C) groups is 1. The van der Waals surface area contributed by atoms with Crippen molar-refractivity contribution in [3.05, 3.63) is 46.4 Å². The van der Waals surface area contributed by atoms with E-state index >= 15 is 0 Å². The summed E-state index contributed by atoms with van der Waals surface area (Å²) < 4.78 is 1.76. The van der Waals surface area contributed by atoms with Gasteiger partial charge in [0.1, 0.15) is 0 Å². The van der Waals surface area contributed by atoms with Gasteiger partial charge in [0, 0.05) is 24.8 Å². The van der Waals surface area contributed by atoms with Gasteiger partial charge in [-0.2, -0.15) is 5.26 Å². The number of guanidine groups is 1. The summed E-state index contributed by atoms with van der Waals surface area (Å²) in [6.07, 6.45) is 1.95. The van der Waals surface area contributed by atoms with E-state index in [1.807, 2.05) is 36.2 Å². The number of thiazole rings is 1. The molecule has 0 aliphatic carbocycles. The van der Waals surface area contributed by atoms with Crippen LogP contribution >= 0.6 is 23.6 Å². The van der Waals surface area contributed by atoms with E-state index in [1.165, 1.54) is 18.3 Å². The van der Waals surface area contributed by atoms with Gasteiger partial charge in [-0.1, -0.05) is 0 Å². The van der Waals surface area contributed by atoms with Crippen LogP contribution in [0.2, 0.25) is 0 Å². The Kier molecular flexibility index (Phi) is 6.03. The van der Waals surface area contributed by atoms with Crippen LogP contribution in [0.4, 0.5) is 17.1 Å². The molecule has 9 heteroatoms. The number of nitrogens with one attached hydrogen (secondary N) is 3. The van der Waals surface area contributed by atoms with Gasteiger partial charge in [0.2, 0.25) is 11.9 Å². The van der Waals surface area contributed by atoms with Gasteiger partial charge in [0.05, 0.1) is 15.9 Å². The Morgan fingerprint density at radius 2 is 2.07 bits per heavy atom. The van der Waals surface area contributed by atoms with Crippen LogP contribution in [0.3, 0.4) is 0 Å². The monoisotopic (exact) mass is 410 g/mol. The van der Waals surface area contributed by atoms with Crippen molar-refractivity contribution in [2.45, 2.75) is 13.8 Å². The minimum atomic E-state index is -0.135. The molecule has 0 bridgehead atoms. The highest BCUT2D eigenvalue weighted by molar-refractivity contribution is 7.73. The number of nitrogens with zero attached hydrogens (tertiary/aromatic N) is 3. The van der Waals surface area contributed by atoms with E-state index < -0.39 is 0 Å². The first-order chi connectivity index (χ1) is 13.5. The zero-order chi connectivity index (χ0) is 20.1. The molecule has 0 spiro atoms. The number of carbonyl (C=O) groups excluding carboxylic acids is 1. The molecular weight excluding hydrogens is 392 g/mol. The number of aromatic nitrogens is 1. The standard InChI is InChI=1S/C19H18N6OS2/c1-3-25(15-8-9-16-17(10-15)28-19(27)24-16)18(21-11-20)23-14-6-4-13(5-7-14)22-12(2)26/h4-10H,3H2,1-2H3,(H,21,23)(H,22,26)(H,24,27). The van der Waals surface area contributed by atoms with Crippen LogP contribution in [0.15, 0.2) is 47.5 Å². The summed E-state index contributed by atoms with van der Waals surface area (Å²) in [4.78, 5) is 20.8. The molecular formula is C19H18N6OS2.